The lowest BCUT2D eigenvalue weighted by atomic mass is 10.2. The highest BCUT2D eigenvalue weighted by Gasteiger charge is 2.16. The third kappa shape index (κ3) is 5.05. The number of hydrogen-bond donors (Lipinski definition) is 2. The third-order valence-electron chi connectivity index (χ3n) is 4.52. The van der Waals surface area contributed by atoms with Crippen LogP contribution in [0, 0.1) is 6.92 Å². The SMILES string of the molecule is CC(=O)c1cccc(S(=O)(=O)NCCNc2nc(C)cc(N3CCCC3)n2)c1. The van der Waals surface area contributed by atoms with E-state index in [9.17, 15) is 13.2 Å². The molecule has 0 atom stereocenters. The van der Waals surface area contributed by atoms with Crippen molar-refractivity contribution in [2.24, 2.45) is 0 Å². The first-order valence-electron chi connectivity index (χ1n) is 9.30. The van der Waals surface area contributed by atoms with E-state index in [0.29, 0.717) is 18.1 Å². The number of rotatable bonds is 8. The molecule has 1 aliphatic heterocycles. The molecular weight excluding hydrogens is 378 g/mol. The molecule has 9 heteroatoms. The van der Waals surface area contributed by atoms with Gasteiger partial charge in [0.25, 0.3) is 0 Å². The summed E-state index contributed by atoms with van der Waals surface area (Å²) in [4.78, 5) is 22.6. The van der Waals surface area contributed by atoms with Crippen LogP contribution in [0.3, 0.4) is 0 Å². The van der Waals surface area contributed by atoms with Gasteiger partial charge in [0.1, 0.15) is 5.82 Å². The highest BCUT2D eigenvalue weighted by molar-refractivity contribution is 7.89. The van der Waals surface area contributed by atoms with E-state index in [4.69, 9.17) is 0 Å². The molecule has 0 radical (unpaired) electrons. The largest absolute Gasteiger partial charge is 0.356 e. The van der Waals surface area contributed by atoms with Crippen molar-refractivity contribution in [3.8, 4) is 0 Å². The average molecular weight is 404 g/mol. The Hall–Kier alpha value is -2.52. The number of aromatic nitrogens is 2. The van der Waals surface area contributed by atoms with Crippen LogP contribution in [0.15, 0.2) is 35.2 Å². The fourth-order valence-electron chi connectivity index (χ4n) is 3.06. The normalized spacial score (nSPS) is 14.3. The zero-order valence-electron chi connectivity index (χ0n) is 16.1. The number of benzene rings is 1. The Morgan fingerprint density at radius 3 is 2.61 bits per heavy atom. The van der Waals surface area contributed by atoms with E-state index in [1.165, 1.54) is 31.9 Å². The number of sulfonamides is 1. The Labute approximate surface area is 165 Å². The zero-order valence-corrected chi connectivity index (χ0v) is 16.9. The van der Waals surface area contributed by atoms with Crippen molar-refractivity contribution in [1.29, 1.82) is 0 Å². The lowest BCUT2D eigenvalue weighted by Crippen LogP contribution is -2.29. The maximum absolute atomic E-state index is 12.4. The fraction of sp³-hybridized carbons (Fsp3) is 0.421. The lowest BCUT2D eigenvalue weighted by molar-refractivity contribution is 0.101. The van der Waals surface area contributed by atoms with E-state index < -0.39 is 10.0 Å². The fourth-order valence-corrected chi connectivity index (χ4v) is 4.14. The minimum Gasteiger partial charge on any atom is -0.356 e. The Balaban J connectivity index is 1.58. The van der Waals surface area contributed by atoms with Crippen molar-refractivity contribution in [3.05, 3.63) is 41.6 Å². The summed E-state index contributed by atoms with van der Waals surface area (Å²) in [5, 5.41) is 3.07. The molecule has 0 spiro atoms. The van der Waals surface area contributed by atoms with Crippen LogP contribution in [0.25, 0.3) is 0 Å². The van der Waals surface area contributed by atoms with E-state index in [2.05, 4.69) is 24.9 Å². The maximum Gasteiger partial charge on any atom is 0.240 e. The molecule has 1 saturated heterocycles. The highest BCUT2D eigenvalue weighted by atomic mass is 32.2. The number of anilines is 2. The number of carbonyl (C=O) groups is 1. The van der Waals surface area contributed by atoms with E-state index in [1.54, 1.807) is 12.1 Å². The molecule has 2 N–H and O–H groups in total. The first kappa shape index (κ1) is 20.2. The number of Topliss-reactive ketones (excluding diaryl/α,β-unsaturated/α-hetero) is 1. The van der Waals surface area contributed by atoms with E-state index in [-0.39, 0.29) is 17.2 Å². The van der Waals surface area contributed by atoms with Crippen molar-refractivity contribution < 1.29 is 13.2 Å². The van der Waals surface area contributed by atoms with Crippen LogP contribution in [0.5, 0.6) is 0 Å². The molecular formula is C19H25N5O3S. The van der Waals surface area contributed by atoms with Gasteiger partial charge in [0, 0.05) is 43.5 Å². The summed E-state index contributed by atoms with van der Waals surface area (Å²) in [6.45, 7) is 5.82. The molecule has 1 aliphatic rings. The van der Waals surface area contributed by atoms with Gasteiger partial charge in [0.15, 0.2) is 5.78 Å². The molecule has 28 heavy (non-hydrogen) atoms. The number of nitrogens with zero attached hydrogens (tertiary/aromatic N) is 3. The minimum atomic E-state index is -3.69. The number of nitrogens with one attached hydrogen (secondary N) is 2. The van der Waals surface area contributed by atoms with Gasteiger partial charge in [-0.25, -0.2) is 18.1 Å². The summed E-state index contributed by atoms with van der Waals surface area (Å²) >= 11 is 0. The molecule has 3 rings (SSSR count). The number of aryl methyl sites for hydroxylation is 1. The molecule has 150 valence electrons. The van der Waals surface area contributed by atoms with Crippen LogP contribution in [0.1, 0.15) is 35.8 Å². The summed E-state index contributed by atoms with van der Waals surface area (Å²) in [5.74, 6) is 1.21. The van der Waals surface area contributed by atoms with E-state index in [1.807, 2.05) is 13.0 Å². The van der Waals surface area contributed by atoms with Gasteiger partial charge in [-0.3, -0.25) is 4.79 Å². The van der Waals surface area contributed by atoms with Crippen LogP contribution in [-0.4, -0.2) is 50.3 Å². The molecule has 0 unspecified atom stereocenters. The van der Waals surface area contributed by atoms with Gasteiger partial charge in [0.05, 0.1) is 4.90 Å². The summed E-state index contributed by atoms with van der Waals surface area (Å²) < 4.78 is 27.4. The molecule has 0 bridgehead atoms. The van der Waals surface area contributed by atoms with Gasteiger partial charge in [-0.15, -0.1) is 0 Å². The summed E-state index contributed by atoms with van der Waals surface area (Å²) in [7, 11) is -3.69. The Morgan fingerprint density at radius 2 is 1.89 bits per heavy atom. The van der Waals surface area contributed by atoms with Crippen molar-refractivity contribution >= 4 is 27.6 Å². The van der Waals surface area contributed by atoms with Crippen LogP contribution in [-0.2, 0) is 10.0 Å². The van der Waals surface area contributed by atoms with Crippen LogP contribution < -0.4 is 14.9 Å². The van der Waals surface area contributed by atoms with Crippen LogP contribution in [0.4, 0.5) is 11.8 Å². The van der Waals surface area contributed by atoms with Gasteiger partial charge >= 0.3 is 0 Å². The highest BCUT2D eigenvalue weighted by Crippen LogP contribution is 2.19. The second kappa shape index (κ2) is 8.66. The number of carbonyl (C=O) groups excluding carboxylic acids is 1. The Kier molecular flexibility index (Phi) is 6.25. The molecule has 2 aromatic rings. The second-order valence-electron chi connectivity index (χ2n) is 6.79. The van der Waals surface area contributed by atoms with Crippen molar-refractivity contribution in [1.82, 2.24) is 14.7 Å². The summed E-state index contributed by atoms with van der Waals surface area (Å²) in [6.07, 6.45) is 2.33. The smallest absolute Gasteiger partial charge is 0.240 e. The number of hydrogen-bond acceptors (Lipinski definition) is 7. The summed E-state index contributed by atoms with van der Waals surface area (Å²) in [6, 6.07) is 7.96. The van der Waals surface area contributed by atoms with E-state index >= 15 is 0 Å². The van der Waals surface area contributed by atoms with Gasteiger partial charge in [-0.1, -0.05) is 12.1 Å². The second-order valence-corrected chi connectivity index (χ2v) is 8.56. The third-order valence-corrected chi connectivity index (χ3v) is 5.98. The summed E-state index contributed by atoms with van der Waals surface area (Å²) in [5.41, 5.74) is 1.23. The molecule has 0 aliphatic carbocycles. The van der Waals surface area contributed by atoms with Crippen molar-refractivity contribution in [2.75, 3.05) is 36.4 Å². The quantitative estimate of drug-likeness (QED) is 0.513. The Bertz CT molecular complexity index is 956. The predicted octanol–water partition coefficient (Wildman–Crippen LogP) is 1.98. The molecule has 0 saturated carbocycles. The molecule has 1 aromatic heterocycles. The predicted molar refractivity (Wildman–Crippen MR) is 108 cm³/mol. The molecule has 2 heterocycles. The maximum atomic E-state index is 12.4. The number of ketones is 1. The van der Waals surface area contributed by atoms with E-state index in [0.717, 1.165) is 24.6 Å². The van der Waals surface area contributed by atoms with Gasteiger partial charge in [-0.05, 0) is 38.8 Å². The molecule has 8 nitrogen and oxygen atoms in total. The lowest BCUT2D eigenvalue weighted by Gasteiger charge is -2.17. The van der Waals surface area contributed by atoms with Crippen molar-refractivity contribution in [3.63, 3.8) is 0 Å². The van der Waals surface area contributed by atoms with Crippen molar-refractivity contribution in [2.45, 2.75) is 31.6 Å². The monoisotopic (exact) mass is 403 g/mol. The molecule has 1 fully saturated rings. The van der Waals surface area contributed by atoms with Gasteiger partial charge in [0.2, 0.25) is 16.0 Å². The van der Waals surface area contributed by atoms with Crippen LogP contribution >= 0.6 is 0 Å². The first-order valence-corrected chi connectivity index (χ1v) is 10.8. The standard InChI is InChI=1S/C19H25N5O3S/c1-14-12-18(24-10-3-4-11-24)23-19(22-14)20-8-9-21-28(26,27)17-7-5-6-16(13-17)15(2)25/h5-7,12-13,21H,3-4,8-11H2,1-2H3,(H,20,22,23). The van der Waals surface area contributed by atoms with Gasteiger partial charge in [-0.2, -0.15) is 4.98 Å². The topological polar surface area (TPSA) is 104 Å². The van der Waals surface area contributed by atoms with Gasteiger partial charge < -0.3 is 10.2 Å². The molecule has 1 aromatic carbocycles. The zero-order chi connectivity index (χ0) is 20.1. The Morgan fingerprint density at radius 1 is 1.14 bits per heavy atom. The van der Waals surface area contributed by atoms with Crippen LogP contribution in [0.2, 0.25) is 0 Å². The minimum absolute atomic E-state index is 0.0725. The molecule has 0 amide bonds. The average Bonchev–Trinajstić information content (AvgIpc) is 3.20. The first-order chi connectivity index (χ1) is 13.3.